The summed E-state index contributed by atoms with van der Waals surface area (Å²) in [4.78, 5) is 181. The number of benzene rings is 4. The average molecular weight is 2010 g/mol. The molecule has 0 bridgehead atoms. The molecule has 2 aromatic heterocycles. The third-order valence-electron chi connectivity index (χ3n) is 30.3. The average Bonchev–Trinajstić information content (AvgIpc) is 1.59. The Morgan fingerprint density at radius 1 is 0.458 bits per heavy atom. The summed E-state index contributed by atoms with van der Waals surface area (Å²) in [6.45, 7) is 33.8. The molecule has 0 unspecified atom stereocenters. The van der Waals surface area contributed by atoms with Crippen molar-refractivity contribution in [3.8, 4) is 0 Å². The van der Waals surface area contributed by atoms with Crippen molar-refractivity contribution in [2.45, 2.75) is 317 Å². The Morgan fingerprint density at radius 2 is 0.812 bits per heavy atom. The lowest BCUT2D eigenvalue weighted by Crippen LogP contribution is -2.59. The molecular weight excluding hydrogens is 1860 g/mol. The van der Waals surface area contributed by atoms with E-state index in [1.54, 1.807) is 129 Å². The summed E-state index contributed by atoms with van der Waals surface area (Å²) in [5.41, 5.74) is 8.25. The number of ketones is 2. The quantitative estimate of drug-likeness (QED) is 0.0136. The lowest BCUT2D eigenvalue weighted by Gasteiger charge is -2.34. The number of aromatic nitrogens is 2. The number of rotatable bonds is 38. The number of amides is 8. The largest absolute Gasteiger partial charge is 0.460 e. The normalized spacial score (nSPS) is 21.5. The number of hydrogen-bond donors (Lipinski definition) is 5. The van der Waals surface area contributed by atoms with Gasteiger partial charge in [-0.15, -0.1) is 0 Å². The van der Waals surface area contributed by atoms with Crippen LogP contribution in [0.5, 0.6) is 0 Å². The molecule has 4 fully saturated rings. The number of nitrogens with one attached hydrogen (secondary N) is 5. The van der Waals surface area contributed by atoms with Crippen LogP contribution in [0.25, 0.3) is 44.1 Å². The molecular formula is C109H149F4N11O20. The Hall–Kier alpha value is -11.4. The van der Waals surface area contributed by atoms with Gasteiger partial charge in [-0.1, -0.05) is 39.8 Å². The Kier molecular flexibility index (Phi) is 37.5. The second kappa shape index (κ2) is 47.8. The van der Waals surface area contributed by atoms with Crippen LogP contribution in [0.4, 0.5) is 27.2 Å². The van der Waals surface area contributed by atoms with E-state index in [1.807, 2.05) is 18.7 Å². The maximum absolute atomic E-state index is 15.3. The van der Waals surface area contributed by atoms with Crippen molar-refractivity contribution in [3.05, 3.63) is 141 Å². The summed E-state index contributed by atoms with van der Waals surface area (Å²) in [5, 5.41) is 10.2. The molecule has 6 aromatic rings. The number of hydrogen-bond acceptors (Lipinski definition) is 21. The molecule has 4 aromatic carbocycles. The van der Waals surface area contributed by atoms with Gasteiger partial charge in [0.15, 0.2) is 5.78 Å². The van der Waals surface area contributed by atoms with Crippen LogP contribution in [0.3, 0.4) is 0 Å². The van der Waals surface area contributed by atoms with E-state index < -0.39 is 167 Å². The van der Waals surface area contributed by atoms with Crippen molar-refractivity contribution >= 4 is 115 Å². The number of fused-ring (bicyclic) bond motifs is 4. The molecule has 4 saturated heterocycles. The van der Waals surface area contributed by atoms with Crippen molar-refractivity contribution in [1.82, 2.24) is 55.3 Å². The number of carbonyl (C=O) groups excluding carboxylic acids is 12. The van der Waals surface area contributed by atoms with E-state index in [0.717, 1.165) is 55.7 Å². The summed E-state index contributed by atoms with van der Waals surface area (Å²) in [6.07, 6.45) is -1.79. The zero-order chi connectivity index (χ0) is 106. The molecule has 12 rings (SSSR count). The number of ether oxygens (including phenoxy) is 8. The highest BCUT2D eigenvalue weighted by Crippen LogP contribution is 2.50. The van der Waals surface area contributed by atoms with Crippen molar-refractivity contribution in [2.75, 3.05) is 75.8 Å². The van der Waals surface area contributed by atoms with Gasteiger partial charge in [0.1, 0.15) is 70.6 Å². The highest BCUT2D eigenvalue weighted by atomic mass is 19.1. The van der Waals surface area contributed by atoms with E-state index in [1.165, 1.54) is 117 Å². The second-order valence-electron chi connectivity index (χ2n) is 42.0. The molecule has 0 saturated carbocycles. The third kappa shape index (κ3) is 26.0. The highest BCUT2D eigenvalue weighted by molar-refractivity contribution is 6.04. The number of nitrogens with zero attached hydrogens (tertiary/aromatic N) is 6. The van der Waals surface area contributed by atoms with E-state index in [2.05, 4.69) is 39.8 Å². The highest BCUT2D eigenvalue weighted by Gasteiger charge is 2.51. The van der Waals surface area contributed by atoms with Crippen LogP contribution >= 0.6 is 0 Å². The van der Waals surface area contributed by atoms with Gasteiger partial charge >= 0.3 is 24.1 Å². The van der Waals surface area contributed by atoms with Crippen LogP contribution in [0, 0.1) is 52.9 Å². The number of likely N-dealkylation sites (N-methyl/N-ethyl adjacent to an activating group) is 3. The van der Waals surface area contributed by atoms with Crippen LogP contribution in [-0.4, -0.2) is 288 Å². The monoisotopic (exact) mass is 2010 g/mol. The van der Waals surface area contributed by atoms with Gasteiger partial charge in [-0.3, -0.25) is 52.8 Å². The Morgan fingerprint density at radius 3 is 1.18 bits per heavy atom. The van der Waals surface area contributed by atoms with Gasteiger partial charge in [0, 0.05) is 172 Å². The van der Waals surface area contributed by atoms with Crippen LogP contribution in [0.2, 0.25) is 0 Å². The Balaban J connectivity index is 0.000000280. The number of likely N-dealkylation sites (tertiary alicyclic amines) is 4. The molecule has 20 atom stereocenters. The second-order valence-corrected chi connectivity index (χ2v) is 42.0. The van der Waals surface area contributed by atoms with Gasteiger partial charge in [-0.25, -0.2) is 27.2 Å². The first-order valence-corrected chi connectivity index (χ1v) is 50.3. The maximum atomic E-state index is 15.3. The Labute approximate surface area is 842 Å². The Bertz CT molecular complexity index is 5800. The number of aromatic amines is 2. The lowest BCUT2D eigenvalue weighted by atomic mass is 9.89. The van der Waals surface area contributed by atoms with E-state index in [-0.39, 0.29) is 117 Å². The number of allylic oxidation sites excluding steroid dienone is 2. The van der Waals surface area contributed by atoms with Crippen molar-refractivity contribution < 1.29 is 113 Å². The zero-order valence-electron chi connectivity index (χ0n) is 88.4. The molecule has 0 radical (unpaired) electrons. The van der Waals surface area contributed by atoms with Gasteiger partial charge in [0.2, 0.25) is 35.4 Å². The fourth-order valence-corrected chi connectivity index (χ4v) is 20.8. The fraction of sp³-hybridized carbons (Fsp3) is 0.596. The topological polar surface area (TPSA) is 366 Å². The number of methoxy groups -OCH3 is 4. The summed E-state index contributed by atoms with van der Waals surface area (Å²) in [7, 11) is 10.5. The standard InChI is InChI=1S/C59H82F2N6O12.C50H67F2N5O8/c1-31-21-23-66(54(71)42(34(4)75-15)30-49(69)32(2)64(13)56(73)78-58(7,8)9)47(31)29-45-41-20-18-39(61)27-46(41)62-52(45)44-26-37-25-38(60)17-19-40(37)43(44)28-48-50(77-36(6)68)22-24-67(48)55(72)51(35(5)76-16)63-53(70)33(3)65(14)57(74)79-59(10,11)12;1-11-26(2)48(60)55-46(30(6)64-10)50(62)57-19-17-45(65-31(7)58)43(57)23-38-35-14-12-33(51)20-32(35)21-39(38)47-40(36-15-13-34(52)22-41(36)54-47)24-42-27(3)16-18-56(42)49(61)37(29(5)63-9)25-44(59)28(4)53-8/h17-20,25,27,31-35,42,47-48,50-51,62H,21-24,26,28-30H2,1-16H3,(H,63,70);12-15,20,22,26-30,37,42-43,45-46,53-54H,11,16-19,21,23-25H2,1-10H3,(H,55,60)/t31-,32-,33-,34+,35+,42-,47+,48+,50-,51-;26-,27+,28+,29-,30-,37+,42-,43-,45+,46+/m01/s1. The van der Waals surface area contributed by atoms with Gasteiger partial charge in [-0.2, -0.15) is 0 Å². The smallest absolute Gasteiger partial charge is 0.410 e. The fourth-order valence-electron chi connectivity index (χ4n) is 20.8. The van der Waals surface area contributed by atoms with E-state index in [9.17, 15) is 47.9 Å². The first-order chi connectivity index (χ1) is 67.8. The number of halogens is 4. The molecule has 2 aliphatic carbocycles. The molecule has 4 aliphatic heterocycles. The minimum atomic E-state index is -1.26. The number of esters is 2. The number of Topliss-reactive ketones (excluding diaryl/α,β-unsaturated/α-hetero) is 2. The summed E-state index contributed by atoms with van der Waals surface area (Å²) in [5.74, 6) is -7.52. The van der Waals surface area contributed by atoms with Gasteiger partial charge in [0.25, 0.3) is 0 Å². The first kappa shape index (κ1) is 113. The van der Waals surface area contributed by atoms with Gasteiger partial charge in [-0.05, 0) is 270 Å². The molecule has 8 amide bonds. The predicted octanol–water partition coefficient (Wildman–Crippen LogP) is 14.7. The van der Waals surface area contributed by atoms with Crippen molar-refractivity contribution in [1.29, 1.82) is 0 Å². The summed E-state index contributed by atoms with van der Waals surface area (Å²) < 4.78 is 106. The molecule has 6 heterocycles. The predicted molar refractivity (Wildman–Crippen MR) is 538 cm³/mol. The summed E-state index contributed by atoms with van der Waals surface area (Å²) >= 11 is 0. The molecule has 5 N–H and O–H groups in total. The lowest BCUT2D eigenvalue weighted by molar-refractivity contribution is -0.150. The van der Waals surface area contributed by atoms with Crippen molar-refractivity contribution in [2.24, 2.45) is 29.6 Å². The van der Waals surface area contributed by atoms with E-state index in [0.29, 0.717) is 89.7 Å². The first-order valence-electron chi connectivity index (χ1n) is 50.3. The zero-order valence-corrected chi connectivity index (χ0v) is 88.4. The molecule has 0 spiro atoms. The van der Waals surface area contributed by atoms with Gasteiger partial charge in [0.05, 0.1) is 60.4 Å². The van der Waals surface area contributed by atoms with E-state index in [4.69, 9.17) is 37.9 Å². The number of H-pyrrole nitrogens is 2. The molecule has 31 nitrogen and oxygen atoms in total. The van der Waals surface area contributed by atoms with Crippen LogP contribution in [0.15, 0.2) is 72.8 Å². The minimum absolute atomic E-state index is 0.0144. The van der Waals surface area contributed by atoms with Crippen LogP contribution < -0.4 is 16.0 Å². The molecule has 35 heteroatoms. The number of carbonyl (C=O) groups is 12. The summed E-state index contributed by atoms with van der Waals surface area (Å²) in [6, 6.07) is 11.3. The minimum Gasteiger partial charge on any atom is -0.460 e. The van der Waals surface area contributed by atoms with Gasteiger partial charge < -0.3 is 88.3 Å². The van der Waals surface area contributed by atoms with Crippen molar-refractivity contribution in [3.63, 3.8) is 0 Å². The maximum Gasteiger partial charge on any atom is 0.410 e. The van der Waals surface area contributed by atoms with E-state index >= 15 is 27.2 Å². The molecule has 788 valence electrons. The molecule has 6 aliphatic rings. The SMILES string of the molecule is CC[C@@H](C)C(=O)N[C@H](C(=O)N1CC[C@H](OC(C)=O)[C@H]1CC1=C(c2[nH]c3cc(F)ccc3c2C[C@@H]2[C@@H](C)CCN2C(=O)[C@@H](CC(=O)[C@H](C)NC)[C@@H](C)OC)Cc2cc(F)ccc21)[C@@H](C)OC.CO[C@H](C)[C@H](CC(=O)[C@H](C)N(C)C(=O)OC(C)(C)C)C(=O)N1CC[C@H](C)[C@H]1Cc1c(C2=C(C[C@@H]3[C@@H](OC(C)=O)CCN3C(=O)[C@@H](NC(=O)[C@H](C)N(C)C(=O)OC(C)(C)C)[C@@H](C)OC)c3ccc(F)cc3C2)[nH]c2cc(F)ccc12. The van der Waals surface area contributed by atoms with Crippen LogP contribution in [0.1, 0.15) is 234 Å². The van der Waals surface area contributed by atoms with Crippen LogP contribution in [-0.2, 0) is 112 Å². The third-order valence-corrected chi connectivity index (χ3v) is 30.3. The molecule has 144 heavy (non-hydrogen) atoms.